The molecule has 0 atom stereocenters. The summed E-state index contributed by atoms with van der Waals surface area (Å²) in [6.45, 7) is 13.8. The molecule has 0 radical (unpaired) electrons. The number of aromatic nitrogens is 2. The number of fused-ring (bicyclic) bond motifs is 1. The zero-order valence-electron chi connectivity index (χ0n) is 20.1. The van der Waals surface area contributed by atoms with Crippen LogP contribution in [-0.4, -0.2) is 47.0 Å². The Hall–Kier alpha value is -2.66. The van der Waals surface area contributed by atoms with Crippen molar-refractivity contribution in [1.82, 2.24) is 20.2 Å². The lowest BCUT2D eigenvalue weighted by molar-refractivity contribution is -0.122. The average Bonchev–Trinajstić information content (AvgIpc) is 3.13. The molecular weight excluding hydrogens is 396 g/mol. The molecule has 4 rings (SSSR count). The predicted octanol–water partition coefficient (Wildman–Crippen LogP) is 5.29. The number of benzene rings is 1. The summed E-state index contributed by atoms with van der Waals surface area (Å²) in [6, 6.07) is 11.3. The molecule has 32 heavy (non-hydrogen) atoms. The first-order chi connectivity index (χ1) is 15.4. The number of likely N-dealkylation sites (tertiary alicyclic amines) is 1. The number of carbonyl (C=O) groups excluding carboxylic acids is 1. The van der Waals surface area contributed by atoms with E-state index < -0.39 is 0 Å². The molecule has 0 spiro atoms. The molecule has 1 fully saturated rings. The van der Waals surface area contributed by atoms with Gasteiger partial charge in [-0.2, -0.15) is 0 Å². The Morgan fingerprint density at radius 1 is 1.16 bits per heavy atom. The number of hydrogen-bond donors (Lipinski definition) is 2. The van der Waals surface area contributed by atoms with E-state index in [1.807, 2.05) is 6.92 Å². The highest BCUT2D eigenvalue weighted by atomic mass is 16.2. The number of nitrogens with one attached hydrogen (secondary N) is 2. The molecule has 2 aromatic heterocycles. The Kier molecular flexibility index (Phi) is 6.66. The quantitative estimate of drug-likeness (QED) is 0.557. The minimum atomic E-state index is 0.135. The zero-order valence-corrected chi connectivity index (χ0v) is 20.1. The molecule has 3 aromatic rings. The molecule has 0 aliphatic carbocycles. The maximum absolute atomic E-state index is 11.9. The van der Waals surface area contributed by atoms with Gasteiger partial charge >= 0.3 is 0 Å². The SMILES string of the molecule is CCNC(=O)CN1CCC(c2ccc3[nH]c(-c4cc(C)nc(C)c4)c(C(C)C)c3c2)CC1. The molecule has 2 N–H and O–H groups in total. The number of likely N-dealkylation sites (N-methyl/N-ethyl adjacent to an activating group) is 1. The zero-order chi connectivity index (χ0) is 22.8. The Morgan fingerprint density at radius 3 is 2.47 bits per heavy atom. The van der Waals surface area contributed by atoms with Crippen LogP contribution in [0, 0.1) is 13.8 Å². The van der Waals surface area contributed by atoms with Crippen LogP contribution in [0.15, 0.2) is 30.3 Å². The third kappa shape index (κ3) is 4.73. The van der Waals surface area contributed by atoms with E-state index >= 15 is 0 Å². The predicted molar refractivity (Wildman–Crippen MR) is 132 cm³/mol. The number of carbonyl (C=O) groups is 1. The smallest absolute Gasteiger partial charge is 0.234 e. The fourth-order valence-corrected chi connectivity index (χ4v) is 5.17. The summed E-state index contributed by atoms with van der Waals surface area (Å²) in [5, 5.41) is 4.24. The molecule has 0 bridgehead atoms. The lowest BCUT2D eigenvalue weighted by atomic mass is 9.87. The summed E-state index contributed by atoms with van der Waals surface area (Å²) in [5.74, 6) is 1.10. The maximum atomic E-state index is 11.9. The first kappa shape index (κ1) is 22.5. The van der Waals surface area contributed by atoms with Crippen molar-refractivity contribution in [2.75, 3.05) is 26.2 Å². The van der Waals surface area contributed by atoms with E-state index in [1.165, 1.54) is 33.3 Å². The highest BCUT2D eigenvalue weighted by molar-refractivity contribution is 5.92. The first-order valence-corrected chi connectivity index (χ1v) is 12.0. The summed E-state index contributed by atoms with van der Waals surface area (Å²) >= 11 is 0. The standard InChI is InChI=1S/C27H36N4O/c1-6-28-25(32)16-31-11-9-20(10-12-31)21-7-8-24-23(15-21)26(17(2)3)27(30-24)22-13-18(4)29-19(5)14-22/h7-8,13-15,17,20,30H,6,9-12,16H2,1-5H3,(H,28,32). The number of aryl methyl sites for hydroxylation is 2. The summed E-state index contributed by atoms with van der Waals surface area (Å²) in [4.78, 5) is 22.5. The van der Waals surface area contributed by atoms with Crippen molar-refractivity contribution < 1.29 is 4.79 Å². The third-order valence-corrected chi connectivity index (χ3v) is 6.61. The van der Waals surface area contributed by atoms with Crippen LogP contribution in [0.3, 0.4) is 0 Å². The fourth-order valence-electron chi connectivity index (χ4n) is 5.17. The third-order valence-electron chi connectivity index (χ3n) is 6.61. The molecule has 1 aliphatic rings. The van der Waals surface area contributed by atoms with Gasteiger partial charge < -0.3 is 10.3 Å². The highest BCUT2D eigenvalue weighted by Gasteiger charge is 2.23. The van der Waals surface area contributed by atoms with Crippen molar-refractivity contribution in [3.05, 3.63) is 52.8 Å². The Bertz CT molecular complexity index is 1090. The minimum absolute atomic E-state index is 0.135. The van der Waals surface area contributed by atoms with Crippen LogP contribution in [0.25, 0.3) is 22.2 Å². The van der Waals surface area contributed by atoms with Gasteiger partial charge in [0, 0.05) is 34.4 Å². The number of H-pyrrole nitrogens is 1. The van der Waals surface area contributed by atoms with Gasteiger partial charge in [0.2, 0.25) is 5.91 Å². The molecule has 1 aromatic carbocycles. The van der Waals surface area contributed by atoms with E-state index in [0.717, 1.165) is 37.3 Å². The Labute approximate surface area is 191 Å². The second-order valence-corrected chi connectivity index (χ2v) is 9.52. The molecule has 0 saturated carbocycles. The van der Waals surface area contributed by atoms with E-state index in [0.29, 0.717) is 24.9 Å². The molecular formula is C27H36N4O. The first-order valence-electron chi connectivity index (χ1n) is 12.0. The van der Waals surface area contributed by atoms with Crippen LogP contribution < -0.4 is 5.32 Å². The fraction of sp³-hybridized carbons (Fsp3) is 0.481. The Balaban J connectivity index is 1.61. The lowest BCUT2D eigenvalue weighted by Gasteiger charge is -2.31. The number of piperidine rings is 1. The van der Waals surface area contributed by atoms with Crippen molar-refractivity contribution in [2.45, 2.75) is 59.3 Å². The van der Waals surface area contributed by atoms with Crippen LogP contribution in [0.5, 0.6) is 0 Å². The van der Waals surface area contributed by atoms with Crippen molar-refractivity contribution in [1.29, 1.82) is 0 Å². The van der Waals surface area contributed by atoms with Gasteiger partial charge in [-0.15, -0.1) is 0 Å². The lowest BCUT2D eigenvalue weighted by Crippen LogP contribution is -2.41. The van der Waals surface area contributed by atoms with Crippen molar-refractivity contribution in [2.24, 2.45) is 0 Å². The van der Waals surface area contributed by atoms with Crippen LogP contribution in [-0.2, 0) is 4.79 Å². The Morgan fingerprint density at radius 2 is 1.84 bits per heavy atom. The van der Waals surface area contributed by atoms with Gasteiger partial charge in [-0.3, -0.25) is 14.7 Å². The molecule has 1 amide bonds. The average molecular weight is 433 g/mol. The van der Waals surface area contributed by atoms with E-state index in [-0.39, 0.29) is 5.91 Å². The van der Waals surface area contributed by atoms with E-state index in [2.05, 4.69) is 78.2 Å². The van der Waals surface area contributed by atoms with E-state index in [9.17, 15) is 4.79 Å². The normalized spacial score (nSPS) is 15.6. The summed E-state index contributed by atoms with van der Waals surface area (Å²) in [6.07, 6.45) is 2.20. The second-order valence-electron chi connectivity index (χ2n) is 9.52. The molecule has 5 nitrogen and oxygen atoms in total. The van der Waals surface area contributed by atoms with Gasteiger partial charge in [-0.05, 0) is 93.9 Å². The van der Waals surface area contributed by atoms with Crippen LogP contribution in [0.4, 0.5) is 0 Å². The van der Waals surface area contributed by atoms with Crippen LogP contribution in [0.1, 0.15) is 68.0 Å². The molecule has 1 saturated heterocycles. The van der Waals surface area contributed by atoms with Crippen molar-refractivity contribution in [3.63, 3.8) is 0 Å². The number of rotatable bonds is 6. The summed E-state index contributed by atoms with van der Waals surface area (Å²) < 4.78 is 0. The molecule has 5 heteroatoms. The van der Waals surface area contributed by atoms with Crippen LogP contribution >= 0.6 is 0 Å². The van der Waals surface area contributed by atoms with Crippen molar-refractivity contribution in [3.8, 4) is 11.3 Å². The molecule has 1 aliphatic heterocycles. The van der Waals surface area contributed by atoms with Gasteiger partial charge in [0.1, 0.15) is 0 Å². The molecule has 170 valence electrons. The summed E-state index contributed by atoms with van der Waals surface area (Å²) in [7, 11) is 0. The highest BCUT2D eigenvalue weighted by Crippen LogP contribution is 2.38. The van der Waals surface area contributed by atoms with E-state index in [1.54, 1.807) is 0 Å². The maximum Gasteiger partial charge on any atom is 0.234 e. The number of pyridine rings is 1. The molecule has 3 heterocycles. The van der Waals surface area contributed by atoms with Gasteiger partial charge in [0.15, 0.2) is 0 Å². The van der Waals surface area contributed by atoms with E-state index in [4.69, 9.17) is 0 Å². The number of hydrogen-bond acceptors (Lipinski definition) is 3. The molecule has 0 unspecified atom stereocenters. The van der Waals surface area contributed by atoms with Gasteiger partial charge in [0.25, 0.3) is 0 Å². The monoisotopic (exact) mass is 432 g/mol. The van der Waals surface area contributed by atoms with Crippen LogP contribution in [0.2, 0.25) is 0 Å². The van der Waals surface area contributed by atoms with Gasteiger partial charge in [0.05, 0.1) is 12.2 Å². The van der Waals surface area contributed by atoms with Gasteiger partial charge in [-0.1, -0.05) is 19.9 Å². The largest absolute Gasteiger partial charge is 0.355 e. The number of amides is 1. The summed E-state index contributed by atoms with van der Waals surface area (Å²) in [5.41, 5.74) is 8.55. The number of aromatic amines is 1. The minimum Gasteiger partial charge on any atom is -0.355 e. The number of nitrogens with zero attached hydrogens (tertiary/aromatic N) is 2. The van der Waals surface area contributed by atoms with Gasteiger partial charge in [-0.25, -0.2) is 0 Å². The van der Waals surface area contributed by atoms with Crippen molar-refractivity contribution >= 4 is 16.8 Å². The topological polar surface area (TPSA) is 61.0 Å². The second kappa shape index (κ2) is 9.45.